The zero-order valence-corrected chi connectivity index (χ0v) is 16.2. The van der Waals surface area contributed by atoms with E-state index in [0.29, 0.717) is 11.0 Å². The van der Waals surface area contributed by atoms with Gasteiger partial charge in [0.15, 0.2) is 11.0 Å². The molecule has 4 rings (SSSR count). The molecule has 0 unspecified atom stereocenters. The number of carbonyl (C=O) groups excluding carboxylic acids is 1. The van der Waals surface area contributed by atoms with Gasteiger partial charge < -0.3 is 5.32 Å². The summed E-state index contributed by atoms with van der Waals surface area (Å²) in [6.45, 7) is 0. The summed E-state index contributed by atoms with van der Waals surface area (Å²) >= 11 is 2.84. The molecule has 2 heterocycles. The van der Waals surface area contributed by atoms with Crippen LogP contribution in [0, 0.1) is 5.82 Å². The molecule has 2 aromatic heterocycles. The molecule has 0 aliphatic heterocycles. The van der Waals surface area contributed by atoms with Crippen LogP contribution in [0.25, 0.3) is 17.1 Å². The number of anilines is 1. The van der Waals surface area contributed by atoms with Crippen molar-refractivity contribution in [3.63, 3.8) is 0 Å². The van der Waals surface area contributed by atoms with E-state index in [4.69, 9.17) is 0 Å². The van der Waals surface area contributed by atoms with Crippen LogP contribution in [0.2, 0.25) is 0 Å². The third kappa shape index (κ3) is 4.13. The number of hydrogen-bond acceptors (Lipinski definition) is 5. The van der Waals surface area contributed by atoms with Crippen LogP contribution in [0.5, 0.6) is 0 Å². The Labute approximate surface area is 169 Å². The van der Waals surface area contributed by atoms with Crippen molar-refractivity contribution in [2.75, 3.05) is 11.1 Å². The third-order valence-corrected chi connectivity index (χ3v) is 5.50. The van der Waals surface area contributed by atoms with Crippen LogP contribution in [0.4, 0.5) is 10.1 Å². The Morgan fingerprint density at radius 1 is 1.07 bits per heavy atom. The van der Waals surface area contributed by atoms with E-state index in [1.807, 2.05) is 51.7 Å². The van der Waals surface area contributed by atoms with E-state index in [-0.39, 0.29) is 17.5 Å². The summed E-state index contributed by atoms with van der Waals surface area (Å²) in [7, 11) is 0. The highest BCUT2D eigenvalue weighted by atomic mass is 32.2. The number of hydrogen-bond donors (Lipinski definition) is 1. The zero-order valence-electron chi connectivity index (χ0n) is 14.6. The SMILES string of the molecule is O=C(CSc1nnc(-c2ccsc2)n1-c1ccc(F)cc1)Nc1ccccc1. The van der Waals surface area contributed by atoms with Gasteiger partial charge in [-0.3, -0.25) is 9.36 Å². The standard InChI is InChI=1S/C20H15FN4OS2/c21-15-6-8-17(9-7-15)25-19(14-10-11-27-12-14)23-24-20(25)28-13-18(26)22-16-4-2-1-3-5-16/h1-12H,13H2,(H,22,26). The van der Waals surface area contributed by atoms with Crippen LogP contribution in [-0.2, 0) is 4.79 Å². The van der Waals surface area contributed by atoms with Gasteiger partial charge in [0.05, 0.1) is 5.75 Å². The second-order valence-corrected chi connectivity index (χ2v) is 7.56. The van der Waals surface area contributed by atoms with Crippen molar-refractivity contribution in [3.8, 4) is 17.1 Å². The molecule has 0 atom stereocenters. The van der Waals surface area contributed by atoms with Crippen LogP contribution in [0.1, 0.15) is 0 Å². The maximum atomic E-state index is 13.4. The molecule has 8 heteroatoms. The number of thiophene rings is 1. The molecule has 140 valence electrons. The number of benzene rings is 2. The molecule has 0 spiro atoms. The van der Waals surface area contributed by atoms with E-state index in [1.165, 1.54) is 23.9 Å². The fourth-order valence-electron chi connectivity index (χ4n) is 2.61. The maximum Gasteiger partial charge on any atom is 0.234 e. The van der Waals surface area contributed by atoms with Crippen molar-refractivity contribution in [2.24, 2.45) is 0 Å². The minimum Gasteiger partial charge on any atom is -0.325 e. The van der Waals surface area contributed by atoms with Crippen molar-refractivity contribution in [1.82, 2.24) is 14.8 Å². The minimum absolute atomic E-state index is 0.137. The van der Waals surface area contributed by atoms with Gasteiger partial charge in [-0.25, -0.2) is 4.39 Å². The van der Waals surface area contributed by atoms with Crippen LogP contribution in [0.3, 0.4) is 0 Å². The number of amides is 1. The van der Waals surface area contributed by atoms with Crippen molar-refractivity contribution in [2.45, 2.75) is 5.16 Å². The summed E-state index contributed by atoms with van der Waals surface area (Å²) in [5, 5.41) is 15.9. The molecule has 0 bridgehead atoms. The lowest BCUT2D eigenvalue weighted by Crippen LogP contribution is -2.14. The van der Waals surface area contributed by atoms with Crippen molar-refractivity contribution in [1.29, 1.82) is 0 Å². The third-order valence-electron chi connectivity index (χ3n) is 3.89. The number of aromatic nitrogens is 3. The molecule has 0 radical (unpaired) electrons. The highest BCUT2D eigenvalue weighted by molar-refractivity contribution is 7.99. The Balaban J connectivity index is 1.58. The summed E-state index contributed by atoms with van der Waals surface area (Å²) in [5.41, 5.74) is 2.40. The molecule has 0 saturated carbocycles. The number of carbonyl (C=O) groups is 1. The smallest absolute Gasteiger partial charge is 0.234 e. The molecule has 5 nitrogen and oxygen atoms in total. The quantitative estimate of drug-likeness (QED) is 0.461. The average Bonchev–Trinajstić information content (AvgIpc) is 3.37. The molecule has 28 heavy (non-hydrogen) atoms. The molecule has 1 amide bonds. The van der Waals surface area contributed by atoms with Gasteiger partial charge >= 0.3 is 0 Å². The predicted octanol–water partition coefficient (Wildman–Crippen LogP) is 4.87. The molecule has 4 aromatic rings. The molecule has 1 N–H and O–H groups in total. The van der Waals surface area contributed by atoms with Crippen molar-refractivity contribution >= 4 is 34.7 Å². The zero-order chi connectivity index (χ0) is 19.3. The molecule has 0 fully saturated rings. The number of para-hydroxylation sites is 1. The van der Waals surface area contributed by atoms with Gasteiger partial charge in [0.2, 0.25) is 5.91 Å². The first-order chi connectivity index (χ1) is 13.7. The molecular formula is C20H15FN4OS2. The number of halogens is 1. The first-order valence-corrected chi connectivity index (χ1v) is 10.4. The Morgan fingerprint density at radius 3 is 2.57 bits per heavy atom. The average molecular weight is 410 g/mol. The lowest BCUT2D eigenvalue weighted by Gasteiger charge is -2.10. The second-order valence-electron chi connectivity index (χ2n) is 5.83. The normalized spacial score (nSPS) is 10.8. The van der Waals surface area contributed by atoms with Crippen LogP contribution < -0.4 is 5.32 Å². The first-order valence-electron chi connectivity index (χ1n) is 8.42. The largest absolute Gasteiger partial charge is 0.325 e. The highest BCUT2D eigenvalue weighted by Crippen LogP contribution is 2.29. The second kappa shape index (κ2) is 8.37. The number of nitrogens with zero attached hydrogens (tertiary/aromatic N) is 3. The summed E-state index contributed by atoms with van der Waals surface area (Å²) < 4.78 is 15.2. The first kappa shape index (κ1) is 18.4. The molecule has 0 saturated heterocycles. The Hall–Kier alpha value is -2.97. The Kier molecular flexibility index (Phi) is 5.50. The van der Waals surface area contributed by atoms with Crippen LogP contribution in [0.15, 0.2) is 76.6 Å². The van der Waals surface area contributed by atoms with Gasteiger partial charge in [0.1, 0.15) is 5.82 Å². The lowest BCUT2D eigenvalue weighted by molar-refractivity contribution is -0.113. The van der Waals surface area contributed by atoms with E-state index in [0.717, 1.165) is 16.9 Å². The van der Waals surface area contributed by atoms with E-state index in [2.05, 4.69) is 15.5 Å². The van der Waals surface area contributed by atoms with Crippen LogP contribution in [-0.4, -0.2) is 26.4 Å². The Bertz CT molecular complexity index is 1060. The summed E-state index contributed by atoms with van der Waals surface area (Å²) in [4.78, 5) is 12.3. The van der Waals surface area contributed by atoms with Gasteiger partial charge in [-0.1, -0.05) is 30.0 Å². The molecular weight excluding hydrogens is 395 g/mol. The predicted molar refractivity (Wildman–Crippen MR) is 110 cm³/mol. The van der Waals surface area contributed by atoms with Gasteiger partial charge in [0, 0.05) is 22.3 Å². The summed E-state index contributed by atoms with van der Waals surface area (Å²) in [6, 6.07) is 17.4. The van der Waals surface area contributed by atoms with Gasteiger partial charge in [-0.05, 0) is 47.8 Å². The monoisotopic (exact) mass is 410 g/mol. The highest BCUT2D eigenvalue weighted by Gasteiger charge is 2.17. The van der Waals surface area contributed by atoms with Crippen LogP contribution >= 0.6 is 23.1 Å². The van der Waals surface area contributed by atoms with Crippen molar-refractivity contribution in [3.05, 3.63) is 77.2 Å². The topological polar surface area (TPSA) is 59.8 Å². The molecule has 0 aliphatic rings. The maximum absolute atomic E-state index is 13.4. The Morgan fingerprint density at radius 2 is 1.86 bits per heavy atom. The van der Waals surface area contributed by atoms with Gasteiger partial charge in [0.25, 0.3) is 0 Å². The van der Waals surface area contributed by atoms with Crippen molar-refractivity contribution < 1.29 is 9.18 Å². The van der Waals surface area contributed by atoms with E-state index < -0.39 is 0 Å². The number of rotatable bonds is 6. The fraction of sp³-hybridized carbons (Fsp3) is 0.0500. The van der Waals surface area contributed by atoms with E-state index >= 15 is 0 Å². The summed E-state index contributed by atoms with van der Waals surface area (Å²) in [5.74, 6) is 0.379. The molecule has 0 aliphatic carbocycles. The van der Waals surface area contributed by atoms with E-state index in [1.54, 1.807) is 23.5 Å². The number of nitrogens with one attached hydrogen (secondary N) is 1. The number of thioether (sulfide) groups is 1. The van der Waals surface area contributed by atoms with Gasteiger partial charge in [-0.2, -0.15) is 11.3 Å². The minimum atomic E-state index is -0.314. The van der Waals surface area contributed by atoms with E-state index in [9.17, 15) is 9.18 Å². The molecule has 2 aromatic carbocycles. The fourth-order valence-corrected chi connectivity index (χ4v) is 4.00. The lowest BCUT2D eigenvalue weighted by atomic mass is 10.2. The summed E-state index contributed by atoms with van der Waals surface area (Å²) in [6.07, 6.45) is 0. The van der Waals surface area contributed by atoms with Gasteiger partial charge in [-0.15, -0.1) is 10.2 Å².